The number of hydrogen-bond acceptors (Lipinski definition) is 4. The van der Waals surface area contributed by atoms with Crippen LogP contribution in [-0.4, -0.2) is 42.9 Å². The molecule has 0 aliphatic carbocycles. The number of nitrogens with two attached hydrogens (primary N) is 1. The van der Waals surface area contributed by atoms with Gasteiger partial charge in [-0.2, -0.15) is 0 Å². The Labute approximate surface area is 125 Å². The lowest BCUT2D eigenvalue weighted by molar-refractivity contribution is -0.131. The van der Waals surface area contributed by atoms with E-state index in [1.807, 2.05) is 13.8 Å². The van der Waals surface area contributed by atoms with Crippen LogP contribution in [0.25, 0.3) is 0 Å². The molecule has 0 bridgehead atoms. The minimum atomic E-state index is -0.638. The van der Waals surface area contributed by atoms with Gasteiger partial charge in [-0.1, -0.05) is 20.3 Å². The Balaban J connectivity index is 2.57. The van der Waals surface area contributed by atoms with Crippen LogP contribution in [0.3, 0.4) is 0 Å². The summed E-state index contributed by atoms with van der Waals surface area (Å²) >= 11 is 0. The zero-order valence-corrected chi connectivity index (χ0v) is 12.8. The molecule has 21 heavy (non-hydrogen) atoms. The fourth-order valence-electron chi connectivity index (χ4n) is 2.35. The number of amides is 3. The molecule has 0 spiro atoms. The summed E-state index contributed by atoms with van der Waals surface area (Å²) in [6.07, 6.45) is 3.37. The molecule has 0 aromatic rings. The Bertz CT molecular complexity index is 378. The van der Waals surface area contributed by atoms with Crippen molar-refractivity contribution in [1.29, 1.82) is 0 Å². The maximum atomic E-state index is 12.2. The highest BCUT2D eigenvalue weighted by atomic mass is 16.2. The summed E-state index contributed by atoms with van der Waals surface area (Å²) in [6.45, 7) is 4.55. The Hall–Kier alpha value is -1.63. The molecule has 0 saturated carbocycles. The first kappa shape index (κ1) is 17.4. The van der Waals surface area contributed by atoms with Crippen LogP contribution < -0.4 is 21.7 Å². The first-order valence-corrected chi connectivity index (χ1v) is 7.50. The van der Waals surface area contributed by atoms with E-state index in [2.05, 4.69) is 16.0 Å². The fourth-order valence-corrected chi connectivity index (χ4v) is 2.35. The van der Waals surface area contributed by atoms with E-state index < -0.39 is 11.9 Å². The van der Waals surface area contributed by atoms with Crippen molar-refractivity contribution in [3.63, 3.8) is 0 Å². The second-order valence-corrected chi connectivity index (χ2v) is 5.88. The average molecular weight is 298 g/mol. The average Bonchev–Trinajstić information content (AvgIpc) is 2.44. The fraction of sp³-hybridized carbons (Fsp3) is 0.786. The van der Waals surface area contributed by atoms with Crippen LogP contribution >= 0.6 is 0 Å². The minimum absolute atomic E-state index is 0.158. The normalized spacial score (nSPS) is 19.9. The van der Waals surface area contributed by atoms with Gasteiger partial charge in [0.2, 0.25) is 17.7 Å². The van der Waals surface area contributed by atoms with Crippen molar-refractivity contribution in [2.45, 2.75) is 51.6 Å². The maximum Gasteiger partial charge on any atom is 0.243 e. The summed E-state index contributed by atoms with van der Waals surface area (Å²) in [5.74, 6) is -0.887. The van der Waals surface area contributed by atoms with Gasteiger partial charge < -0.3 is 21.7 Å². The van der Waals surface area contributed by atoms with Crippen molar-refractivity contribution < 1.29 is 14.4 Å². The van der Waals surface area contributed by atoms with Gasteiger partial charge in [-0.05, 0) is 31.7 Å². The summed E-state index contributed by atoms with van der Waals surface area (Å²) in [4.78, 5) is 35.0. The molecule has 1 fully saturated rings. The molecule has 1 aliphatic heterocycles. The van der Waals surface area contributed by atoms with E-state index in [-0.39, 0.29) is 30.3 Å². The van der Waals surface area contributed by atoms with Gasteiger partial charge in [0.15, 0.2) is 0 Å². The van der Waals surface area contributed by atoms with Crippen LogP contribution in [-0.2, 0) is 14.4 Å². The van der Waals surface area contributed by atoms with Crippen LogP contribution in [0.2, 0.25) is 0 Å². The van der Waals surface area contributed by atoms with E-state index in [0.717, 1.165) is 25.8 Å². The molecule has 1 rings (SSSR count). The van der Waals surface area contributed by atoms with E-state index in [4.69, 9.17) is 5.73 Å². The number of rotatable bonds is 7. The highest BCUT2D eigenvalue weighted by molar-refractivity contribution is 5.91. The summed E-state index contributed by atoms with van der Waals surface area (Å²) in [6, 6.07) is -0.877. The van der Waals surface area contributed by atoms with Crippen molar-refractivity contribution in [2.75, 3.05) is 13.1 Å². The topological polar surface area (TPSA) is 113 Å². The quantitative estimate of drug-likeness (QED) is 0.496. The minimum Gasteiger partial charge on any atom is -0.368 e. The summed E-state index contributed by atoms with van der Waals surface area (Å²) in [5.41, 5.74) is 5.01. The third-order valence-electron chi connectivity index (χ3n) is 3.40. The van der Waals surface area contributed by atoms with E-state index >= 15 is 0 Å². The smallest absolute Gasteiger partial charge is 0.243 e. The molecule has 0 aromatic heterocycles. The first-order chi connectivity index (χ1) is 9.90. The molecule has 2 atom stereocenters. The van der Waals surface area contributed by atoms with Crippen molar-refractivity contribution in [3.8, 4) is 0 Å². The second kappa shape index (κ2) is 8.61. The van der Waals surface area contributed by atoms with Crippen molar-refractivity contribution in [3.05, 3.63) is 0 Å². The third-order valence-corrected chi connectivity index (χ3v) is 3.40. The number of hydrogen-bond donors (Lipinski definition) is 4. The largest absolute Gasteiger partial charge is 0.368 e. The van der Waals surface area contributed by atoms with Gasteiger partial charge in [0, 0.05) is 0 Å². The Morgan fingerprint density at radius 3 is 2.52 bits per heavy atom. The lowest BCUT2D eigenvalue weighted by Crippen LogP contribution is -2.54. The first-order valence-electron chi connectivity index (χ1n) is 7.50. The number of primary amides is 1. The summed E-state index contributed by atoms with van der Waals surface area (Å²) < 4.78 is 0. The molecule has 1 unspecified atom stereocenters. The molecule has 1 saturated heterocycles. The predicted molar refractivity (Wildman–Crippen MR) is 79.2 cm³/mol. The summed E-state index contributed by atoms with van der Waals surface area (Å²) in [5, 5.41) is 8.37. The molecule has 3 amide bonds. The van der Waals surface area contributed by atoms with Crippen molar-refractivity contribution in [2.24, 2.45) is 11.7 Å². The van der Waals surface area contributed by atoms with Gasteiger partial charge in [0.1, 0.15) is 6.04 Å². The highest BCUT2D eigenvalue weighted by Crippen LogP contribution is 2.09. The molecule has 7 heteroatoms. The van der Waals surface area contributed by atoms with Gasteiger partial charge in [-0.3, -0.25) is 14.4 Å². The molecule has 120 valence electrons. The predicted octanol–water partition coefficient (Wildman–Crippen LogP) is -0.739. The molecule has 5 N–H and O–H groups in total. The van der Waals surface area contributed by atoms with Gasteiger partial charge in [0.25, 0.3) is 0 Å². The zero-order chi connectivity index (χ0) is 15.8. The van der Waals surface area contributed by atoms with Gasteiger partial charge >= 0.3 is 0 Å². The van der Waals surface area contributed by atoms with Crippen LogP contribution in [0.5, 0.6) is 0 Å². The van der Waals surface area contributed by atoms with Gasteiger partial charge in [0.05, 0.1) is 12.6 Å². The van der Waals surface area contributed by atoms with E-state index in [1.54, 1.807) is 0 Å². The number of nitrogens with one attached hydrogen (secondary N) is 3. The van der Waals surface area contributed by atoms with Crippen LogP contribution in [0.15, 0.2) is 0 Å². The van der Waals surface area contributed by atoms with Crippen LogP contribution in [0.4, 0.5) is 0 Å². The highest BCUT2D eigenvalue weighted by Gasteiger charge is 2.27. The monoisotopic (exact) mass is 298 g/mol. The van der Waals surface area contributed by atoms with E-state index in [9.17, 15) is 14.4 Å². The molecule has 1 aliphatic rings. The molecule has 0 aromatic carbocycles. The molecular formula is C14H26N4O3. The van der Waals surface area contributed by atoms with Crippen LogP contribution in [0.1, 0.15) is 39.5 Å². The van der Waals surface area contributed by atoms with E-state index in [1.165, 1.54) is 0 Å². The summed E-state index contributed by atoms with van der Waals surface area (Å²) in [7, 11) is 0. The maximum absolute atomic E-state index is 12.2. The SMILES string of the molecule is CC(C)C[C@H](NC(=O)C1CCCCN1)C(=O)NCC(N)=O. The van der Waals surface area contributed by atoms with Crippen molar-refractivity contribution >= 4 is 17.7 Å². The number of piperidine rings is 1. The lowest BCUT2D eigenvalue weighted by Gasteiger charge is -2.26. The van der Waals surface area contributed by atoms with Gasteiger partial charge in [-0.25, -0.2) is 0 Å². The third kappa shape index (κ3) is 6.57. The Kier molecular flexibility index (Phi) is 7.14. The molecule has 7 nitrogen and oxygen atoms in total. The number of carbonyl (C=O) groups is 3. The lowest BCUT2D eigenvalue weighted by atomic mass is 10.0. The Morgan fingerprint density at radius 2 is 2.00 bits per heavy atom. The van der Waals surface area contributed by atoms with Crippen LogP contribution in [0, 0.1) is 5.92 Å². The molecule has 1 heterocycles. The number of carbonyl (C=O) groups excluding carboxylic acids is 3. The second-order valence-electron chi connectivity index (χ2n) is 5.88. The Morgan fingerprint density at radius 1 is 1.29 bits per heavy atom. The standard InChI is InChI=1S/C14H26N4O3/c1-9(2)7-11(13(20)17-8-12(15)19)18-14(21)10-5-3-4-6-16-10/h9-11,16H,3-8H2,1-2H3,(H2,15,19)(H,17,20)(H,18,21)/t10?,11-/m0/s1. The van der Waals surface area contributed by atoms with Crippen molar-refractivity contribution in [1.82, 2.24) is 16.0 Å². The molecular weight excluding hydrogens is 272 g/mol. The molecule has 0 radical (unpaired) electrons. The van der Waals surface area contributed by atoms with E-state index in [0.29, 0.717) is 6.42 Å². The zero-order valence-electron chi connectivity index (χ0n) is 12.8. The van der Waals surface area contributed by atoms with Gasteiger partial charge in [-0.15, -0.1) is 0 Å².